The Morgan fingerprint density at radius 1 is 0.340 bits per heavy atom. The number of hydrogen-bond donors (Lipinski definition) is 0. The summed E-state index contributed by atoms with van der Waals surface area (Å²) in [5, 5.41) is 9.41. The molecule has 0 atom stereocenters. The molecule has 0 aliphatic carbocycles. The SMILES string of the molecule is c1ccc2c(c1)cc(N(c1ccc(-c3cccc4c3oc3ccccc34)cc1)c1ccc(-c3cccc4oc5ccccc5c34)cc1)c1ccccc12. The number of rotatable bonds is 5. The maximum absolute atomic E-state index is 6.42. The monoisotopic (exact) mass is 677 g/mol. The van der Waals surface area contributed by atoms with E-state index >= 15 is 0 Å². The molecule has 2 heterocycles. The second-order valence-electron chi connectivity index (χ2n) is 13.6. The average Bonchev–Trinajstić information content (AvgIpc) is 3.80. The van der Waals surface area contributed by atoms with Gasteiger partial charge >= 0.3 is 0 Å². The van der Waals surface area contributed by atoms with Crippen molar-refractivity contribution in [2.45, 2.75) is 0 Å². The molecule has 0 N–H and O–H groups in total. The summed E-state index contributed by atoms with van der Waals surface area (Å²) < 4.78 is 12.7. The lowest BCUT2D eigenvalue weighted by atomic mass is 9.97. The van der Waals surface area contributed by atoms with E-state index in [1.807, 2.05) is 24.3 Å². The van der Waals surface area contributed by atoms with Gasteiger partial charge in [-0.05, 0) is 81.4 Å². The van der Waals surface area contributed by atoms with Gasteiger partial charge in [0.2, 0.25) is 0 Å². The van der Waals surface area contributed by atoms with E-state index in [1.54, 1.807) is 0 Å². The zero-order valence-corrected chi connectivity index (χ0v) is 28.7. The molecule has 3 heteroatoms. The smallest absolute Gasteiger partial charge is 0.143 e. The lowest BCUT2D eigenvalue weighted by molar-refractivity contribution is 0.669. The lowest BCUT2D eigenvalue weighted by Gasteiger charge is -2.28. The normalized spacial score (nSPS) is 11.8. The third-order valence-corrected chi connectivity index (χ3v) is 10.7. The summed E-state index contributed by atoms with van der Waals surface area (Å²) in [5.74, 6) is 0. The van der Waals surface area contributed by atoms with Crippen molar-refractivity contribution in [2.75, 3.05) is 4.90 Å². The van der Waals surface area contributed by atoms with E-state index < -0.39 is 0 Å². The third kappa shape index (κ3) is 4.68. The molecule has 0 saturated heterocycles. The highest BCUT2D eigenvalue weighted by atomic mass is 16.3. The molecule has 0 amide bonds. The molecular formula is C50H31NO2. The predicted molar refractivity (Wildman–Crippen MR) is 222 cm³/mol. The maximum Gasteiger partial charge on any atom is 0.143 e. The molecule has 0 radical (unpaired) electrons. The van der Waals surface area contributed by atoms with Crippen LogP contribution in [0.5, 0.6) is 0 Å². The van der Waals surface area contributed by atoms with Crippen LogP contribution in [0.1, 0.15) is 0 Å². The summed E-state index contributed by atoms with van der Waals surface area (Å²) in [6.07, 6.45) is 0. The van der Waals surface area contributed by atoms with Crippen LogP contribution in [0.3, 0.4) is 0 Å². The van der Waals surface area contributed by atoms with Crippen LogP contribution in [0, 0.1) is 0 Å². The van der Waals surface area contributed by atoms with E-state index in [9.17, 15) is 0 Å². The maximum atomic E-state index is 6.42. The van der Waals surface area contributed by atoms with Gasteiger partial charge in [0.05, 0.1) is 5.69 Å². The highest BCUT2D eigenvalue weighted by molar-refractivity contribution is 6.15. The number of para-hydroxylation sites is 3. The Morgan fingerprint density at radius 2 is 0.868 bits per heavy atom. The third-order valence-electron chi connectivity index (χ3n) is 10.7. The van der Waals surface area contributed by atoms with Crippen LogP contribution < -0.4 is 4.90 Å². The Balaban J connectivity index is 1.08. The number of benzene rings is 9. The quantitative estimate of drug-likeness (QED) is 0.170. The Bertz CT molecular complexity index is 3170. The van der Waals surface area contributed by atoms with Gasteiger partial charge in [0.25, 0.3) is 0 Å². The zero-order chi connectivity index (χ0) is 34.9. The van der Waals surface area contributed by atoms with Crippen LogP contribution >= 0.6 is 0 Å². The van der Waals surface area contributed by atoms with E-state index in [1.165, 1.54) is 21.5 Å². The van der Waals surface area contributed by atoms with Crippen LogP contribution in [-0.4, -0.2) is 0 Å². The molecule has 0 bridgehead atoms. The molecule has 248 valence electrons. The highest BCUT2D eigenvalue weighted by Gasteiger charge is 2.19. The molecular weight excluding hydrogens is 647 g/mol. The number of furan rings is 2. The lowest BCUT2D eigenvalue weighted by Crippen LogP contribution is -2.10. The first kappa shape index (κ1) is 29.6. The van der Waals surface area contributed by atoms with Crippen molar-refractivity contribution in [1.29, 1.82) is 0 Å². The van der Waals surface area contributed by atoms with Crippen molar-refractivity contribution in [1.82, 2.24) is 0 Å². The second-order valence-corrected chi connectivity index (χ2v) is 13.6. The van der Waals surface area contributed by atoms with Crippen LogP contribution in [0.25, 0.3) is 87.7 Å². The minimum Gasteiger partial charge on any atom is -0.456 e. The van der Waals surface area contributed by atoms with Crippen molar-refractivity contribution >= 4 is 82.5 Å². The molecule has 0 spiro atoms. The zero-order valence-electron chi connectivity index (χ0n) is 28.7. The van der Waals surface area contributed by atoms with Gasteiger partial charge in [0.15, 0.2) is 0 Å². The first-order chi connectivity index (χ1) is 26.3. The molecule has 2 aromatic heterocycles. The van der Waals surface area contributed by atoms with Crippen LogP contribution in [0.2, 0.25) is 0 Å². The van der Waals surface area contributed by atoms with Gasteiger partial charge in [-0.3, -0.25) is 0 Å². The standard InChI is InChI=1S/C50H31NO2/c1-2-12-37-34(11-1)31-45(41-14-4-3-13-40(37)41)51(35-27-23-32(24-28-35)38-17-10-22-48-49(38)44-16-6-8-21-47(44)52-48)36-29-25-33(26-30-36)39-18-9-19-43-42-15-5-7-20-46(42)53-50(39)43/h1-31H. The van der Waals surface area contributed by atoms with Gasteiger partial charge < -0.3 is 13.7 Å². The molecule has 11 aromatic rings. The fourth-order valence-corrected chi connectivity index (χ4v) is 8.22. The van der Waals surface area contributed by atoms with E-state index in [0.29, 0.717) is 0 Å². The molecule has 3 nitrogen and oxygen atoms in total. The Labute approximate surface area is 305 Å². The van der Waals surface area contributed by atoms with E-state index in [2.05, 4.69) is 169 Å². The minimum absolute atomic E-state index is 0.899. The molecule has 11 rings (SSSR count). The van der Waals surface area contributed by atoms with Crippen molar-refractivity contribution in [3.05, 3.63) is 188 Å². The van der Waals surface area contributed by atoms with Crippen LogP contribution in [0.15, 0.2) is 197 Å². The molecule has 0 saturated carbocycles. The molecule has 0 fully saturated rings. The average molecular weight is 678 g/mol. The van der Waals surface area contributed by atoms with Crippen molar-refractivity contribution in [2.24, 2.45) is 0 Å². The number of hydrogen-bond acceptors (Lipinski definition) is 3. The Kier molecular flexibility index (Phi) is 6.55. The first-order valence-corrected chi connectivity index (χ1v) is 18.0. The van der Waals surface area contributed by atoms with Crippen molar-refractivity contribution < 1.29 is 8.83 Å². The van der Waals surface area contributed by atoms with Gasteiger partial charge in [-0.1, -0.05) is 140 Å². The Morgan fingerprint density at radius 3 is 1.62 bits per heavy atom. The first-order valence-electron chi connectivity index (χ1n) is 18.0. The number of anilines is 3. The summed E-state index contributed by atoms with van der Waals surface area (Å²) in [5.41, 5.74) is 11.4. The summed E-state index contributed by atoms with van der Waals surface area (Å²) in [4.78, 5) is 2.39. The summed E-state index contributed by atoms with van der Waals surface area (Å²) in [7, 11) is 0. The summed E-state index contributed by atoms with van der Waals surface area (Å²) in [6.45, 7) is 0. The van der Waals surface area contributed by atoms with Gasteiger partial charge in [-0.15, -0.1) is 0 Å². The molecule has 0 aliphatic heterocycles. The fraction of sp³-hybridized carbons (Fsp3) is 0. The van der Waals surface area contributed by atoms with Gasteiger partial charge in [-0.25, -0.2) is 0 Å². The van der Waals surface area contributed by atoms with Gasteiger partial charge in [-0.2, -0.15) is 0 Å². The van der Waals surface area contributed by atoms with E-state index in [4.69, 9.17) is 8.83 Å². The van der Waals surface area contributed by atoms with E-state index in [-0.39, 0.29) is 0 Å². The minimum atomic E-state index is 0.899. The second kappa shape index (κ2) is 11.7. The number of fused-ring (bicyclic) bond motifs is 9. The van der Waals surface area contributed by atoms with Gasteiger partial charge in [0, 0.05) is 43.9 Å². The summed E-state index contributed by atoms with van der Waals surface area (Å²) >= 11 is 0. The largest absolute Gasteiger partial charge is 0.456 e. The molecule has 9 aromatic carbocycles. The predicted octanol–water partition coefficient (Wildman–Crippen LogP) is 14.6. The topological polar surface area (TPSA) is 29.5 Å². The number of nitrogens with zero attached hydrogens (tertiary/aromatic N) is 1. The Hall–Kier alpha value is -7.10. The molecule has 53 heavy (non-hydrogen) atoms. The van der Waals surface area contributed by atoms with Crippen LogP contribution in [-0.2, 0) is 0 Å². The summed E-state index contributed by atoms with van der Waals surface area (Å²) in [6, 6.07) is 66.8. The van der Waals surface area contributed by atoms with Crippen molar-refractivity contribution in [3.63, 3.8) is 0 Å². The van der Waals surface area contributed by atoms with Gasteiger partial charge in [0.1, 0.15) is 22.3 Å². The molecule has 0 aliphatic rings. The fourth-order valence-electron chi connectivity index (χ4n) is 8.22. The molecule has 0 unspecified atom stereocenters. The van der Waals surface area contributed by atoms with E-state index in [0.717, 1.165) is 83.2 Å². The highest BCUT2D eigenvalue weighted by Crippen LogP contribution is 2.44. The van der Waals surface area contributed by atoms with Crippen LogP contribution in [0.4, 0.5) is 17.1 Å². The van der Waals surface area contributed by atoms with Crippen molar-refractivity contribution in [3.8, 4) is 22.3 Å².